The Hall–Kier alpha value is -2.78. The van der Waals surface area contributed by atoms with E-state index >= 15 is 0 Å². The van der Waals surface area contributed by atoms with Crippen molar-refractivity contribution < 1.29 is 18.0 Å². The van der Waals surface area contributed by atoms with Gasteiger partial charge in [-0.25, -0.2) is 8.42 Å². The molecule has 40 heavy (non-hydrogen) atoms. The lowest BCUT2D eigenvalue weighted by Gasteiger charge is -2.32. The molecule has 1 N–H and O–H groups in total. The minimum atomic E-state index is -4.19. The van der Waals surface area contributed by atoms with Gasteiger partial charge in [-0.15, -0.1) is 0 Å². The largest absolute Gasteiger partial charge is 0.354 e. The molecular weight excluding hydrogens is 593 g/mol. The Bertz CT molecular complexity index is 1450. The average Bonchev–Trinajstić information content (AvgIpc) is 2.91. The second kappa shape index (κ2) is 14.2. The number of benzene rings is 3. The zero-order valence-corrected chi connectivity index (χ0v) is 25.6. The van der Waals surface area contributed by atoms with E-state index in [4.69, 9.17) is 34.8 Å². The van der Waals surface area contributed by atoms with Crippen LogP contribution in [-0.4, -0.2) is 44.3 Å². The summed E-state index contributed by atoms with van der Waals surface area (Å²) in [5.41, 5.74) is 1.57. The normalized spacial score (nSPS) is 12.1. The van der Waals surface area contributed by atoms with Crippen molar-refractivity contribution in [1.29, 1.82) is 0 Å². The molecule has 7 nitrogen and oxygen atoms in total. The Labute approximate surface area is 251 Å². The summed E-state index contributed by atoms with van der Waals surface area (Å²) in [7, 11) is -4.19. The van der Waals surface area contributed by atoms with Crippen LogP contribution < -0.4 is 9.62 Å². The second-order valence-electron chi connectivity index (χ2n) is 9.33. The van der Waals surface area contributed by atoms with Crippen LogP contribution in [0.4, 0.5) is 5.69 Å². The predicted molar refractivity (Wildman–Crippen MR) is 162 cm³/mol. The highest BCUT2D eigenvalue weighted by molar-refractivity contribution is 7.92. The predicted octanol–water partition coefficient (Wildman–Crippen LogP) is 6.48. The Morgan fingerprint density at radius 1 is 0.950 bits per heavy atom. The zero-order chi connectivity index (χ0) is 29.4. The van der Waals surface area contributed by atoms with Crippen LogP contribution in [0.5, 0.6) is 0 Å². The number of para-hydroxylation sites is 1. The van der Waals surface area contributed by atoms with Crippen LogP contribution >= 0.6 is 34.8 Å². The lowest BCUT2D eigenvalue weighted by molar-refractivity contribution is -0.139. The Balaban J connectivity index is 2.03. The molecule has 0 aliphatic heterocycles. The van der Waals surface area contributed by atoms with Crippen molar-refractivity contribution >= 4 is 62.3 Å². The average molecular weight is 625 g/mol. The van der Waals surface area contributed by atoms with Crippen molar-refractivity contribution in [2.45, 2.75) is 51.1 Å². The first-order valence-corrected chi connectivity index (χ1v) is 15.4. The quantitative estimate of drug-likeness (QED) is 0.234. The van der Waals surface area contributed by atoms with Gasteiger partial charge in [0.15, 0.2) is 0 Å². The maximum Gasteiger partial charge on any atom is 0.264 e. The first-order valence-electron chi connectivity index (χ1n) is 12.8. The van der Waals surface area contributed by atoms with E-state index in [1.807, 2.05) is 6.92 Å². The van der Waals surface area contributed by atoms with Crippen molar-refractivity contribution in [1.82, 2.24) is 10.2 Å². The van der Waals surface area contributed by atoms with Crippen molar-refractivity contribution in [3.05, 3.63) is 92.9 Å². The molecule has 0 aromatic heterocycles. The van der Waals surface area contributed by atoms with Crippen molar-refractivity contribution in [2.75, 3.05) is 17.4 Å². The first kappa shape index (κ1) is 31.7. The van der Waals surface area contributed by atoms with Crippen LogP contribution in [0.25, 0.3) is 0 Å². The molecule has 11 heteroatoms. The third-order valence-electron chi connectivity index (χ3n) is 6.42. The summed E-state index contributed by atoms with van der Waals surface area (Å²) in [5.74, 6) is -0.931. The van der Waals surface area contributed by atoms with Crippen LogP contribution in [0.3, 0.4) is 0 Å². The number of aryl methyl sites for hydroxylation is 1. The number of carbonyl (C=O) groups excluding carboxylic acids is 2. The molecule has 0 heterocycles. The standard InChI is InChI=1S/C29H32Cl3N3O4S/c1-4-5-16-33-29(37)21(3)34(18-22-10-11-24(31)17-26(22)32)28(36)19-35(27-9-7-6-8-20(27)2)40(38,39)25-14-12-23(30)13-15-25/h6-15,17,21H,4-5,16,18-19H2,1-3H3,(H,33,37)/t21-/m0/s1. The van der Waals surface area contributed by atoms with Gasteiger partial charge in [-0.1, -0.05) is 72.4 Å². The van der Waals surface area contributed by atoms with Gasteiger partial charge in [-0.05, 0) is 73.9 Å². The lowest BCUT2D eigenvalue weighted by Crippen LogP contribution is -2.51. The molecule has 0 fully saturated rings. The van der Waals surface area contributed by atoms with Gasteiger partial charge in [0.2, 0.25) is 11.8 Å². The van der Waals surface area contributed by atoms with E-state index in [0.717, 1.165) is 17.1 Å². The summed E-state index contributed by atoms with van der Waals surface area (Å²) in [4.78, 5) is 28.3. The Morgan fingerprint density at radius 3 is 2.23 bits per heavy atom. The highest BCUT2D eigenvalue weighted by Gasteiger charge is 2.33. The number of nitrogens with one attached hydrogen (secondary N) is 1. The number of rotatable bonds is 12. The molecule has 3 rings (SSSR count). The van der Waals surface area contributed by atoms with Gasteiger partial charge in [0, 0.05) is 28.2 Å². The second-order valence-corrected chi connectivity index (χ2v) is 12.5. The van der Waals surface area contributed by atoms with Crippen LogP contribution in [0.2, 0.25) is 15.1 Å². The van der Waals surface area contributed by atoms with Crippen LogP contribution in [-0.2, 0) is 26.2 Å². The topological polar surface area (TPSA) is 86.8 Å². The highest BCUT2D eigenvalue weighted by Crippen LogP contribution is 2.29. The van der Waals surface area contributed by atoms with E-state index in [-0.39, 0.29) is 17.3 Å². The summed E-state index contributed by atoms with van der Waals surface area (Å²) in [5, 5.41) is 3.99. The molecule has 0 saturated carbocycles. The van der Waals surface area contributed by atoms with Gasteiger partial charge in [0.1, 0.15) is 12.6 Å². The van der Waals surface area contributed by atoms with Gasteiger partial charge >= 0.3 is 0 Å². The number of carbonyl (C=O) groups is 2. The van der Waals surface area contributed by atoms with E-state index < -0.39 is 28.5 Å². The number of amides is 2. The highest BCUT2D eigenvalue weighted by atomic mass is 35.5. The molecule has 0 saturated heterocycles. The van der Waals surface area contributed by atoms with Gasteiger partial charge < -0.3 is 10.2 Å². The smallest absolute Gasteiger partial charge is 0.264 e. The molecule has 0 aliphatic carbocycles. The molecule has 0 aliphatic rings. The number of hydrogen-bond donors (Lipinski definition) is 1. The van der Waals surface area contributed by atoms with Crippen molar-refractivity contribution in [3.8, 4) is 0 Å². The van der Waals surface area contributed by atoms with Crippen LogP contribution in [0.15, 0.2) is 71.6 Å². The summed E-state index contributed by atoms with van der Waals surface area (Å²) >= 11 is 18.5. The molecule has 3 aromatic rings. The number of halogens is 3. The minimum absolute atomic E-state index is 0.0226. The van der Waals surface area contributed by atoms with Gasteiger partial charge in [0.05, 0.1) is 10.6 Å². The summed E-state index contributed by atoms with van der Waals surface area (Å²) in [6, 6.07) is 16.6. The maximum absolute atomic E-state index is 14.0. The molecule has 0 radical (unpaired) electrons. The van der Waals surface area contributed by atoms with Gasteiger partial charge in [-0.2, -0.15) is 0 Å². The van der Waals surface area contributed by atoms with E-state index in [1.165, 1.54) is 29.2 Å². The first-order chi connectivity index (χ1) is 18.9. The molecule has 3 aromatic carbocycles. The fraction of sp³-hybridized carbons (Fsp3) is 0.310. The summed E-state index contributed by atoms with van der Waals surface area (Å²) in [6.07, 6.45) is 1.68. The maximum atomic E-state index is 14.0. The van der Waals surface area contributed by atoms with Crippen LogP contribution in [0.1, 0.15) is 37.8 Å². The summed E-state index contributed by atoms with van der Waals surface area (Å²) in [6.45, 7) is 5.26. The molecule has 214 valence electrons. The number of hydrogen-bond acceptors (Lipinski definition) is 4. The zero-order valence-electron chi connectivity index (χ0n) is 22.5. The molecular formula is C29H32Cl3N3O4S. The fourth-order valence-corrected chi connectivity index (χ4v) is 6.12. The van der Waals surface area contributed by atoms with Gasteiger partial charge in [-0.3, -0.25) is 13.9 Å². The number of nitrogens with zero attached hydrogens (tertiary/aromatic N) is 2. The van der Waals surface area contributed by atoms with Gasteiger partial charge in [0.25, 0.3) is 10.0 Å². The monoisotopic (exact) mass is 623 g/mol. The molecule has 2 amide bonds. The SMILES string of the molecule is CCCCNC(=O)[C@H](C)N(Cc1ccc(Cl)cc1Cl)C(=O)CN(c1ccccc1C)S(=O)(=O)c1ccc(Cl)cc1. The Kier molecular flexibility index (Phi) is 11.3. The van der Waals surface area contributed by atoms with E-state index in [9.17, 15) is 18.0 Å². The van der Waals surface area contributed by atoms with Crippen LogP contribution in [0, 0.1) is 6.92 Å². The lowest BCUT2D eigenvalue weighted by atomic mass is 10.1. The van der Waals surface area contributed by atoms with E-state index in [2.05, 4.69) is 5.32 Å². The van der Waals surface area contributed by atoms with E-state index in [1.54, 1.807) is 56.3 Å². The van der Waals surface area contributed by atoms with Crippen molar-refractivity contribution in [3.63, 3.8) is 0 Å². The number of unbranched alkanes of at least 4 members (excludes halogenated alkanes) is 1. The third kappa shape index (κ3) is 7.91. The molecule has 1 atom stereocenters. The Morgan fingerprint density at radius 2 is 1.60 bits per heavy atom. The minimum Gasteiger partial charge on any atom is -0.354 e. The third-order valence-corrected chi connectivity index (χ3v) is 9.03. The van der Waals surface area contributed by atoms with E-state index in [0.29, 0.717) is 38.4 Å². The molecule has 0 unspecified atom stereocenters. The fourth-order valence-electron chi connectivity index (χ4n) is 4.04. The molecule has 0 bridgehead atoms. The number of anilines is 1. The number of sulfonamides is 1. The molecule has 0 spiro atoms. The summed E-state index contributed by atoms with van der Waals surface area (Å²) < 4.78 is 28.8. The van der Waals surface area contributed by atoms with Crippen molar-refractivity contribution in [2.24, 2.45) is 0 Å².